The second-order valence-corrected chi connectivity index (χ2v) is 7.90. The van der Waals surface area contributed by atoms with E-state index in [0.717, 1.165) is 43.1 Å². The van der Waals surface area contributed by atoms with E-state index in [9.17, 15) is 4.79 Å². The number of carbonyl (C=O) groups is 1. The minimum Gasteiger partial charge on any atom is -0.494 e. The van der Waals surface area contributed by atoms with Crippen molar-refractivity contribution in [1.82, 2.24) is 9.88 Å². The molecule has 0 radical (unpaired) electrons. The number of pyridine rings is 1. The van der Waals surface area contributed by atoms with Crippen LogP contribution in [0.15, 0.2) is 67.0 Å². The summed E-state index contributed by atoms with van der Waals surface area (Å²) in [6, 6.07) is 18.5. The van der Waals surface area contributed by atoms with E-state index in [1.807, 2.05) is 43.5 Å². The van der Waals surface area contributed by atoms with E-state index in [1.54, 1.807) is 6.20 Å². The average Bonchev–Trinajstić information content (AvgIpc) is 2.80. The van der Waals surface area contributed by atoms with Gasteiger partial charge in [-0.1, -0.05) is 42.5 Å². The number of hydrogen-bond donors (Lipinski definition) is 1. The SMILES string of the molecule is CCOc1ccc(CCC(=O)Nc2cncc3c2CCN(Cc2ccccc2)C3)cc1. The number of hydrogen-bond acceptors (Lipinski definition) is 4. The van der Waals surface area contributed by atoms with Gasteiger partial charge < -0.3 is 10.1 Å². The summed E-state index contributed by atoms with van der Waals surface area (Å²) in [6.45, 7) is 5.38. The van der Waals surface area contributed by atoms with Crippen molar-refractivity contribution in [2.45, 2.75) is 39.3 Å². The van der Waals surface area contributed by atoms with Crippen molar-refractivity contribution in [2.75, 3.05) is 18.5 Å². The van der Waals surface area contributed by atoms with Gasteiger partial charge in [0, 0.05) is 32.3 Å². The van der Waals surface area contributed by atoms with Gasteiger partial charge in [-0.15, -0.1) is 0 Å². The lowest BCUT2D eigenvalue weighted by molar-refractivity contribution is -0.116. The third-order valence-corrected chi connectivity index (χ3v) is 5.62. The molecular weight excluding hydrogens is 386 g/mol. The molecule has 1 N–H and O–H groups in total. The molecule has 1 aromatic heterocycles. The zero-order valence-corrected chi connectivity index (χ0v) is 18.0. The van der Waals surface area contributed by atoms with Crippen molar-refractivity contribution in [3.05, 3.63) is 89.2 Å². The molecule has 0 fully saturated rings. The first-order chi connectivity index (χ1) is 15.2. The van der Waals surface area contributed by atoms with E-state index in [-0.39, 0.29) is 5.91 Å². The van der Waals surface area contributed by atoms with Crippen LogP contribution in [0.3, 0.4) is 0 Å². The van der Waals surface area contributed by atoms with Crippen LogP contribution in [0.25, 0.3) is 0 Å². The van der Waals surface area contributed by atoms with Gasteiger partial charge in [0.25, 0.3) is 0 Å². The Morgan fingerprint density at radius 2 is 1.87 bits per heavy atom. The molecule has 0 aliphatic carbocycles. The van der Waals surface area contributed by atoms with Gasteiger partial charge in [-0.3, -0.25) is 14.7 Å². The fourth-order valence-corrected chi connectivity index (χ4v) is 4.03. The van der Waals surface area contributed by atoms with Crippen LogP contribution >= 0.6 is 0 Å². The molecule has 5 heteroatoms. The number of aryl methyl sites for hydroxylation is 1. The number of aromatic nitrogens is 1. The fourth-order valence-electron chi connectivity index (χ4n) is 4.03. The lowest BCUT2D eigenvalue weighted by Gasteiger charge is -2.29. The van der Waals surface area contributed by atoms with E-state index in [1.165, 1.54) is 16.7 Å². The number of carbonyl (C=O) groups excluding carboxylic acids is 1. The second kappa shape index (κ2) is 10.2. The normalized spacial score (nSPS) is 13.5. The molecule has 0 spiro atoms. The average molecular weight is 416 g/mol. The molecule has 3 aromatic rings. The van der Waals surface area contributed by atoms with Gasteiger partial charge in [0.1, 0.15) is 5.75 Å². The van der Waals surface area contributed by atoms with Gasteiger partial charge in [0.05, 0.1) is 18.5 Å². The van der Waals surface area contributed by atoms with Crippen LogP contribution in [-0.2, 0) is 30.7 Å². The number of benzene rings is 2. The van der Waals surface area contributed by atoms with E-state index < -0.39 is 0 Å². The summed E-state index contributed by atoms with van der Waals surface area (Å²) in [5, 5.41) is 3.09. The molecular formula is C26H29N3O2. The third kappa shape index (κ3) is 5.70. The first-order valence-electron chi connectivity index (χ1n) is 10.9. The summed E-state index contributed by atoms with van der Waals surface area (Å²) in [4.78, 5) is 19.4. The van der Waals surface area contributed by atoms with E-state index >= 15 is 0 Å². The van der Waals surface area contributed by atoms with Crippen LogP contribution < -0.4 is 10.1 Å². The van der Waals surface area contributed by atoms with E-state index in [2.05, 4.69) is 39.5 Å². The summed E-state index contributed by atoms with van der Waals surface area (Å²) in [5.41, 5.74) is 5.72. The van der Waals surface area contributed by atoms with Crippen molar-refractivity contribution in [1.29, 1.82) is 0 Å². The smallest absolute Gasteiger partial charge is 0.224 e. The highest BCUT2D eigenvalue weighted by molar-refractivity contribution is 5.91. The molecule has 2 heterocycles. The molecule has 0 saturated heterocycles. The van der Waals surface area contributed by atoms with Crippen molar-refractivity contribution < 1.29 is 9.53 Å². The Balaban J connectivity index is 1.33. The molecule has 1 amide bonds. The van der Waals surface area contributed by atoms with Gasteiger partial charge >= 0.3 is 0 Å². The maximum absolute atomic E-state index is 12.6. The summed E-state index contributed by atoms with van der Waals surface area (Å²) >= 11 is 0. The van der Waals surface area contributed by atoms with Gasteiger partial charge in [-0.2, -0.15) is 0 Å². The fraction of sp³-hybridized carbons (Fsp3) is 0.308. The number of nitrogens with one attached hydrogen (secondary N) is 1. The first-order valence-corrected chi connectivity index (χ1v) is 10.9. The highest BCUT2D eigenvalue weighted by Gasteiger charge is 2.20. The van der Waals surface area contributed by atoms with Gasteiger partial charge in [0.2, 0.25) is 5.91 Å². The molecule has 160 valence electrons. The summed E-state index contributed by atoms with van der Waals surface area (Å²) in [6.07, 6.45) is 5.77. The third-order valence-electron chi connectivity index (χ3n) is 5.62. The predicted octanol–water partition coefficient (Wildman–Crippen LogP) is 4.61. The standard InChI is InChI=1S/C26H29N3O2/c1-2-31-23-11-8-20(9-12-23)10-13-26(30)28-25-17-27-16-22-19-29(15-14-24(22)25)18-21-6-4-3-5-7-21/h3-9,11-12,16-17H,2,10,13-15,18-19H2,1H3,(H,28,30). The maximum Gasteiger partial charge on any atom is 0.224 e. The first kappa shape index (κ1) is 21.1. The molecule has 0 atom stereocenters. The van der Waals surface area contributed by atoms with Crippen LogP contribution in [0.5, 0.6) is 5.75 Å². The number of fused-ring (bicyclic) bond motifs is 1. The predicted molar refractivity (Wildman–Crippen MR) is 123 cm³/mol. The minimum atomic E-state index is 0.0239. The Labute approximate surface area is 184 Å². The summed E-state index contributed by atoms with van der Waals surface area (Å²) in [7, 11) is 0. The zero-order chi connectivity index (χ0) is 21.5. The minimum absolute atomic E-state index is 0.0239. The van der Waals surface area contributed by atoms with Crippen LogP contribution in [0, 0.1) is 0 Å². The monoisotopic (exact) mass is 415 g/mol. The van der Waals surface area contributed by atoms with Crippen molar-refractivity contribution in [3.8, 4) is 5.75 Å². The Morgan fingerprint density at radius 1 is 1.06 bits per heavy atom. The van der Waals surface area contributed by atoms with E-state index in [4.69, 9.17) is 4.74 Å². The zero-order valence-electron chi connectivity index (χ0n) is 18.0. The number of nitrogens with zero attached hydrogens (tertiary/aromatic N) is 2. The van der Waals surface area contributed by atoms with Crippen LogP contribution in [0.1, 0.15) is 35.6 Å². The Kier molecular flexibility index (Phi) is 6.95. The van der Waals surface area contributed by atoms with E-state index in [0.29, 0.717) is 19.4 Å². The molecule has 31 heavy (non-hydrogen) atoms. The van der Waals surface area contributed by atoms with Gasteiger partial charge in [-0.05, 0) is 54.2 Å². The van der Waals surface area contributed by atoms with Crippen LogP contribution in [0.4, 0.5) is 5.69 Å². The lowest BCUT2D eigenvalue weighted by Crippen LogP contribution is -2.31. The number of amides is 1. The largest absolute Gasteiger partial charge is 0.494 e. The highest BCUT2D eigenvalue weighted by atomic mass is 16.5. The summed E-state index contributed by atoms with van der Waals surface area (Å²) in [5.74, 6) is 0.884. The van der Waals surface area contributed by atoms with Crippen molar-refractivity contribution in [3.63, 3.8) is 0 Å². The maximum atomic E-state index is 12.6. The molecule has 4 rings (SSSR count). The molecule has 1 aliphatic rings. The lowest BCUT2D eigenvalue weighted by atomic mass is 9.99. The highest BCUT2D eigenvalue weighted by Crippen LogP contribution is 2.26. The number of ether oxygens (including phenoxy) is 1. The number of anilines is 1. The van der Waals surface area contributed by atoms with Crippen molar-refractivity contribution in [2.24, 2.45) is 0 Å². The molecule has 0 unspecified atom stereocenters. The summed E-state index contributed by atoms with van der Waals surface area (Å²) < 4.78 is 5.47. The molecule has 0 bridgehead atoms. The van der Waals surface area contributed by atoms with Crippen LogP contribution in [0.2, 0.25) is 0 Å². The van der Waals surface area contributed by atoms with Crippen LogP contribution in [-0.4, -0.2) is 28.9 Å². The molecule has 5 nitrogen and oxygen atoms in total. The topological polar surface area (TPSA) is 54.5 Å². The molecule has 0 saturated carbocycles. The van der Waals surface area contributed by atoms with Gasteiger partial charge in [-0.25, -0.2) is 0 Å². The Bertz CT molecular complexity index is 1000. The van der Waals surface area contributed by atoms with Gasteiger partial charge in [0.15, 0.2) is 0 Å². The molecule has 2 aromatic carbocycles. The Hall–Kier alpha value is -3.18. The van der Waals surface area contributed by atoms with Crippen molar-refractivity contribution >= 4 is 11.6 Å². The quantitative estimate of drug-likeness (QED) is 0.584. The molecule has 1 aliphatic heterocycles. The second-order valence-electron chi connectivity index (χ2n) is 7.90. The Morgan fingerprint density at radius 3 is 2.65 bits per heavy atom. The number of rotatable bonds is 8.